The zero-order valence-corrected chi connectivity index (χ0v) is 13.0. The highest BCUT2D eigenvalue weighted by molar-refractivity contribution is 14.1. The van der Waals surface area contributed by atoms with Crippen molar-refractivity contribution in [3.05, 3.63) is 67.2 Å². The molecule has 0 unspecified atom stereocenters. The maximum absolute atomic E-state index is 12.1. The van der Waals surface area contributed by atoms with E-state index in [2.05, 4.69) is 22.6 Å². The smallest absolute Gasteiger partial charge is 0.168 e. The first-order valence-electron chi connectivity index (χ1n) is 5.29. The average molecular weight is 391 g/mol. The summed E-state index contributed by atoms with van der Waals surface area (Å²) in [4.78, 5) is 12.1. The highest BCUT2D eigenvalue weighted by Crippen LogP contribution is 2.26. The van der Waals surface area contributed by atoms with Gasteiger partial charge >= 0.3 is 0 Å². The maximum Gasteiger partial charge on any atom is 0.168 e. The average Bonchev–Trinajstić information content (AvgIpc) is 2.35. The quantitative estimate of drug-likeness (QED) is 0.531. The van der Waals surface area contributed by atoms with Crippen LogP contribution in [0.5, 0.6) is 0 Å². The van der Waals surface area contributed by atoms with E-state index in [1.54, 1.807) is 18.2 Å². The Morgan fingerprint density at radius 2 is 1.72 bits per heavy atom. The van der Waals surface area contributed by atoms with E-state index < -0.39 is 0 Å². The van der Waals surface area contributed by atoms with Crippen molar-refractivity contribution in [1.82, 2.24) is 0 Å². The fourth-order valence-electron chi connectivity index (χ4n) is 1.60. The van der Waals surface area contributed by atoms with Crippen LogP contribution in [0.4, 0.5) is 0 Å². The van der Waals surface area contributed by atoms with Gasteiger partial charge in [0.15, 0.2) is 5.78 Å². The lowest BCUT2D eigenvalue weighted by molar-refractivity contribution is 0.0993. The predicted molar refractivity (Wildman–Crippen MR) is 83.7 cm³/mol. The van der Waals surface area contributed by atoms with Crippen LogP contribution in [0.3, 0.4) is 0 Å². The van der Waals surface area contributed by atoms with Crippen molar-refractivity contribution in [2.45, 2.75) is 6.42 Å². The molecule has 0 saturated carbocycles. The molecule has 0 spiro atoms. The molecule has 0 heterocycles. The third kappa shape index (κ3) is 3.25. The van der Waals surface area contributed by atoms with Gasteiger partial charge in [0, 0.05) is 15.6 Å². The van der Waals surface area contributed by atoms with Crippen LogP contribution < -0.4 is 0 Å². The number of benzene rings is 2. The van der Waals surface area contributed by atoms with E-state index >= 15 is 0 Å². The molecule has 1 nitrogen and oxygen atoms in total. The number of rotatable bonds is 3. The number of ketones is 1. The Morgan fingerprint density at radius 1 is 1.06 bits per heavy atom. The maximum atomic E-state index is 12.1. The van der Waals surface area contributed by atoms with Gasteiger partial charge < -0.3 is 0 Å². The summed E-state index contributed by atoms with van der Waals surface area (Å²) in [6.45, 7) is 0. The Morgan fingerprint density at radius 3 is 2.39 bits per heavy atom. The number of Topliss-reactive ketones (excluding diaryl/α,β-unsaturated/α-hetero) is 1. The van der Waals surface area contributed by atoms with Crippen LogP contribution in [0, 0.1) is 3.57 Å². The summed E-state index contributed by atoms with van der Waals surface area (Å²) in [5, 5.41) is 0.736. The normalized spacial score (nSPS) is 10.4. The largest absolute Gasteiger partial charge is 0.294 e. The summed E-state index contributed by atoms with van der Waals surface area (Å²) in [6.07, 6.45) is 0.330. The van der Waals surface area contributed by atoms with E-state index in [0.717, 1.165) is 9.13 Å². The lowest BCUT2D eigenvalue weighted by Gasteiger charge is -2.05. The first-order valence-corrected chi connectivity index (χ1v) is 7.13. The number of halogens is 3. The Bertz CT molecular complexity index is 579. The summed E-state index contributed by atoms with van der Waals surface area (Å²) in [5.74, 6) is -0.0243. The SMILES string of the molecule is O=C(Cc1ccc(I)cc1)c1cccc(Cl)c1Cl. The van der Waals surface area contributed by atoms with E-state index in [4.69, 9.17) is 23.2 Å². The molecule has 0 bridgehead atoms. The summed E-state index contributed by atoms with van der Waals surface area (Å²) in [6, 6.07) is 12.9. The Hall–Kier alpha value is -0.580. The van der Waals surface area contributed by atoms with Crippen LogP contribution in [-0.4, -0.2) is 5.78 Å². The predicted octanol–water partition coefficient (Wildman–Crippen LogP) is 5.02. The Labute approximate surface area is 129 Å². The Balaban J connectivity index is 2.22. The molecule has 2 rings (SSSR count). The van der Waals surface area contributed by atoms with Gasteiger partial charge in [-0.05, 0) is 52.4 Å². The molecule has 0 fully saturated rings. The fourth-order valence-corrected chi connectivity index (χ4v) is 2.37. The van der Waals surface area contributed by atoms with Gasteiger partial charge in [0.1, 0.15) is 0 Å². The van der Waals surface area contributed by atoms with Gasteiger partial charge in [0.2, 0.25) is 0 Å². The first-order chi connectivity index (χ1) is 8.58. The molecule has 0 aliphatic carbocycles. The van der Waals surface area contributed by atoms with E-state index in [-0.39, 0.29) is 5.78 Å². The zero-order valence-electron chi connectivity index (χ0n) is 9.29. The van der Waals surface area contributed by atoms with Crippen molar-refractivity contribution in [2.75, 3.05) is 0 Å². The van der Waals surface area contributed by atoms with Crippen LogP contribution in [0.15, 0.2) is 42.5 Å². The summed E-state index contributed by atoms with van der Waals surface area (Å²) in [5.41, 5.74) is 1.44. The minimum atomic E-state index is -0.0243. The lowest BCUT2D eigenvalue weighted by Crippen LogP contribution is -2.04. The summed E-state index contributed by atoms with van der Waals surface area (Å²) >= 11 is 14.1. The first kappa shape index (κ1) is 13.8. The molecule has 0 aliphatic heterocycles. The summed E-state index contributed by atoms with van der Waals surface area (Å²) < 4.78 is 1.14. The van der Waals surface area contributed by atoms with Gasteiger partial charge in [-0.1, -0.05) is 41.4 Å². The van der Waals surface area contributed by atoms with Gasteiger partial charge in [-0.2, -0.15) is 0 Å². The summed E-state index contributed by atoms with van der Waals surface area (Å²) in [7, 11) is 0. The van der Waals surface area contributed by atoms with Crippen molar-refractivity contribution < 1.29 is 4.79 Å². The topological polar surface area (TPSA) is 17.1 Å². The number of hydrogen-bond donors (Lipinski definition) is 0. The molecular formula is C14H9Cl2IO. The molecular weight excluding hydrogens is 382 g/mol. The van der Waals surface area contributed by atoms with Gasteiger partial charge in [-0.3, -0.25) is 4.79 Å². The molecule has 0 aromatic heterocycles. The lowest BCUT2D eigenvalue weighted by atomic mass is 10.0. The second-order valence-corrected chi connectivity index (χ2v) is 5.86. The van der Waals surface area contributed by atoms with Gasteiger partial charge in [-0.25, -0.2) is 0 Å². The van der Waals surface area contributed by atoms with E-state index in [0.29, 0.717) is 22.0 Å². The second kappa shape index (κ2) is 6.04. The molecule has 0 N–H and O–H groups in total. The molecule has 2 aromatic carbocycles. The Kier molecular flexibility index (Phi) is 4.65. The molecule has 18 heavy (non-hydrogen) atoms. The van der Waals surface area contributed by atoms with Crippen molar-refractivity contribution in [1.29, 1.82) is 0 Å². The molecule has 0 atom stereocenters. The van der Waals surface area contributed by atoms with Crippen molar-refractivity contribution in [2.24, 2.45) is 0 Å². The van der Waals surface area contributed by atoms with E-state index in [1.807, 2.05) is 24.3 Å². The number of hydrogen-bond acceptors (Lipinski definition) is 1. The third-order valence-electron chi connectivity index (χ3n) is 2.53. The standard InChI is InChI=1S/C14H9Cl2IO/c15-12-3-1-2-11(14(12)16)13(18)8-9-4-6-10(17)7-5-9/h1-7H,8H2. The molecule has 92 valence electrons. The van der Waals surface area contributed by atoms with E-state index in [9.17, 15) is 4.79 Å². The monoisotopic (exact) mass is 390 g/mol. The van der Waals surface area contributed by atoms with Crippen LogP contribution >= 0.6 is 45.8 Å². The molecule has 4 heteroatoms. The number of carbonyl (C=O) groups excluding carboxylic acids is 1. The van der Waals surface area contributed by atoms with Crippen LogP contribution in [0.1, 0.15) is 15.9 Å². The molecule has 0 radical (unpaired) electrons. The molecule has 0 aliphatic rings. The van der Waals surface area contributed by atoms with Crippen molar-refractivity contribution in [3.8, 4) is 0 Å². The zero-order chi connectivity index (χ0) is 13.1. The van der Waals surface area contributed by atoms with Crippen molar-refractivity contribution >= 4 is 51.6 Å². The van der Waals surface area contributed by atoms with E-state index in [1.165, 1.54) is 0 Å². The van der Waals surface area contributed by atoms with Gasteiger partial charge in [-0.15, -0.1) is 0 Å². The van der Waals surface area contributed by atoms with Crippen LogP contribution in [0.25, 0.3) is 0 Å². The molecule has 0 saturated heterocycles. The second-order valence-electron chi connectivity index (χ2n) is 3.83. The minimum absolute atomic E-state index is 0.0243. The fraction of sp³-hybridized carbons (Fsp3) is 0.0714. The minimum Gasteiger partial charge on any atom is -0.294 e. The molecule has 2 aromatic rings. The van der Waals surface area contributed by atoms with Crippen molar-refractivity contribution in [3.63, 3.8) is 0 Å². The highest BCUT2D eigenvalue weighted by Gasteiger charge is 2.12. The third-order valence-corrected chi connectivity index (χ3v) is 4.07. The highest BCUT2D eigenvalue weighted by atomic mass is 127. The molecule has 0 amide bonds. The van der Waals surface area contributed by atoms with Gasteiger partial charge in [0.05, 0.1) is 10.0 Å². The van der Waals surface area contributed by atoms with Crippen LogP contribution in [-0.2, 0) is 6.42 Å². The van der Waals surface area contributed by atoms with Crippen LogP contribution in [0.2, 0.25) is 10.0 Å². The van der Waals surface area contributed by atoms with Gasteiger partial charge in [0.25, 0.3) is 0 Å². The number of carbonyl (C=O) groups is 1.